The maximum atomic E-state index is 11.9. The largest absolute Gasteiger partial charge is 0.395 e. The summed E-state index contributed by atoms with van der Waals surface area (Å²) in [6.07, 6.45) is 0.485. The number of aliphatic hydroxyl groups excluding tert-OH is 1. The summed E-state index contributed by atoms with van der Waals surface area (Å²) in [5.74, 6) is 5.87. The molecule has 1 rings (SSSR count). The number of amides is 2. The predicted molar refractivity (Wildman–Crippen MR) is 82.7 cm³/mol. The zero-order chi connectivity index (χ0) is 15.2. The van der Waals surface area contributed by atoms with E-state index < -0.39 is 0 Å². The molecule has 1 aromatic heterocycles. The van der Waals surface area contributed by atoms with Gasteiger partial charge in [-0.1, -0.05) is 11.8 Å². The van der Waals surface area contributed by atoms with E-state index in [4.69, 9.17) is 5.11 Å². The number of urea groups is 1. The summed E-state index contributed by atoms with van der Waals surface area (Å²) in [7, 11) is 1.78. The maximum absolute atomic E-state index is 11.9. The quantitative estimate of drug-likeness (QED) is 0.841. The molecule has 0 aliphatic carbocycles. The molecule has 1 heterocycles. The number of nitrogens with zero attached hydrogens (tertiary/aromatic N) is 1. The Hall–Kier alpha value is -1.51. The van der Waals surface area contributed by atoms with E-state index in [9.17, 15) is 4.79 Å². The van der Waals surface area contributed by atoms with E-state index in [2.05, 4.69) is 17.2 Å². The summed E-state index contributed by atoms with van der Waals surface area (Å²) in [6.45, 7) is 6.52. The fourth-order valence-corrected chi connectivity index (χ4v) is 2.34. The van der Waals surface area contributed by atoms with E-state index in [-0.39, 0.29) is 18.2 Å². The molecule has 0 fully saturated rings. The third kappa shape index (κ3) is 6.09. The van der Waals surface area contributed by atoms with Crippen molar-refractivity contribution >= 4 is 17.4 Å². The van der Waals surface area contributed by atoms with Gasteiger partial charge < -0.3 is 15.3 Å². The fraction of sp³-hybridized carbons (Fsp3) is 0.533. The molecule has 20 heavy (non-hydrogen) atoms. The lowest BCUT2D eigenvalue weighted by atomic mass is 10.1. The highest BCUT2D eigenvalue weighted by Gasteiger charge is 2.17. The Morgan fingerprint density at radius 2 is 2.20 bits per heavy atom. The Bertz CT molecular complexity index is 506. The third-order valence-electron chi connectivity index (χ3n) is 2.34. The van der Waals surface area contributed by atoms with Crippen LogP contribution in [0.2, 0.25) is 0 Å². The molecule has 4 nitrogen and oxygen atoms in total. The number of nitrogens with one attached hydrogen (secondary N) is 1. The van der Waals surface area contributed by atoms with Crippen LogP contribution in [0.15, 0.2) is 11.4 Å². The normalized spacial score (nSPS) is 10.7. The Balaban J connectivity index is 2.57. The zero-order valence-electron chi connectivity index (χ0n) is 12.5. The van der Waals surface area contributed by atoms with Gasteiger partial charge in [-0.3, -0.25) is 0 Å². The molecular weight excluding hydrogens is 272 g/mol. The highest BCUT2D eigenvalue weighted by molar-refractivity contribution is 7.10. The summed E-state index contributed by atoms with van der Waals surface area (Å²) < 4.78 is 0. The average Bonchev–Trinajstić information content (AvgIpc) is 2.75. The number of carbonyl (C=O) groups excluding carboxylic acids is 1. The van der Waals surface area contributed by atoms with Crippen LogP contribution in [-0.4, -0.2) is 35.2 Å². The standard InChI is InChI=1S/C15H22N2O2S/c1-15(2,3)16-14(19)17(4)10-13-9-12(11-20-13)7-5-6-8-18/h9,11,18H,6,8,10H2,1-4H3,(H,16,19). The molecule has 0 bridgehead atoms. The SMILES string of the molecule is CN(Cc1cc(C#CCCO)cs1)C(=O)NC(C)(C)C. The topological polar surface area (TPSA) is 52.6 Å². The van der Waals surface area contributed by atoms with Gasteiger partial charge in [0, 0.05) is 34.8 Å². The van der Waals surface area contributed by atoms with Crippen LogP contribution in [0.25, 0.3) is 0 Å². The molecular formula is C15H22N2O2S. The number of carbonyl (C=O) groups is 1. The van der Waals surface area contributed by atoms with E-state index in [1.54, 1.807) is 23.3 Å². The van der Waals surface area contributed by atoms with Crippen molar-refractivity contribution in [1.82, 2.24) is 10.2 Å². The van der Waals surface area contributed by atoms with Crippen LogP contribution < -0.4 is 5.32 Å². The lowest BCUT2D eigenvalue weighted by Gasteiger charge is -2.25. The first kappa shape index (κ1) is 16.5. The first-order valence-corrected chi connectivity index (χ1v) is 7.40. The number of thiophene rings is 1. The molecule has 2 N–H and O–H groups in total. The van der Waals surface area contributed by atoms with Crippen LogP contribution in [0.4, 0.5) is 4.79 Å². The molecule has 0 aliphatic rings. The maximum Gasteiger partial charge on any atom is 0.317 e. The van der Waals surface area contributed by atoms with Gasteiger partial charge in [0.2, 0.25) is 0 Å². The summed E-state index contributed by atoms with van der Waals surface area (Å²) >= 11 is 1.58. The highest BCUT2D eigenvalue weighted by Crippen LogP contribution is 2.16. The van der Waals surface area contributed by atoms with Gasteiger partial charge in [-0.25, -0.2) is 4.79 Å². The molecule has 0 saturated heterocycles. The second kappa shape index (κ2) is 7.32. The smallest absolute Gasteiger partial charge is 0.317 e. The van der Waals surface area contributed by atoms with E-state index >= 15 is 0 Å². The van der Waals surface area contributed by atoms with Crippen molar-refractivity contribution in [3.8, 4) is 11.8 Å². The van der Waals surface area contributed by atoms with E-state index in [1.807, 2.05) is 32.2 Å². The van der Waals surface area contributed by atoms with Gasteiger partial charge in [-0.2, -0.15) is 0 Å². The average molecular weight is 294 g/mol. The highest BCUT2D eigenvalue weighted by atomic mass is 32.1. The molecule has 0 aromatic carbocycles. The Labute approximate surface area is 124 Å². The van der Waals surface area contributed by atoms with Gasteiger partial charge in [-0.05, 0) is 26.8 Å². The number of hydrogen-bond donors (Lipinski definition) is 2. The van der Waals surface area contributed by atoms with E-state index in [1.165, 1.54) is 0 Å². The van der Waals surface area contributed by atoms with Crippen molar-refractivity contribution in [2.45, 2.75) is 39.3 Å². The van der Waals surface area contributed by atoms with E-state index in [0.717, 1.165) is 10.4 Å². The van der Waals surface area contributed by atoms with Gasteiger partial charge >= 0.3 is 6.03 Å². The number of hydrogen-bond acceptors (Lipinski definition) is 3. The third-order valence-corrected chi connectivity index (χ3v) is 3.27. The lowest BCUT2D eigenvalue weighted by Crippen LogP contribution is -2.46. The van der Waals surface area contributed by atoms with Gasteiger partial charge in [0.05, 0.1) is 13.2 Å². The van der Waals surface area contributed by atoms with Crippen LogP contribution in [0.1, 0.15) is 37.6 Å². The molecule has 5 heteroatoms. The van der Waals surface area contributed by atoms with Crippen molar-refractivity contribution in [2.24, 2.45) is 0 Å². The van der Waals surface area contributed by atoms with Gasteiger partial charge in [0.15, 0.2) is 0 Å². The molecule has 0 spiro atoms. The lowest BCUT2D eigenvalue weighted by molar-refractivity contribution is 0.198. The molecule has 2 amide bonds. The van der Waals surface area contributed by atoms with Gasteiger partial charge in [-0.15, -0.1) is 11.3 Å². The summed E-state index contributed by atoms with van der Waals surface area (Å²) in [6, 6.07) is 1.90. The van der Waals surface area contributed by atoms with Crippen molar-refractivity contribution in [3.05, 3.63) is 21.9 Å². The first-order valence-electron chi connectivity index (χ1n) is 6.52. The number of rotatable bonds is 3. The first-order chi connectivity index (χ1) is 9.31. The van der Waals surface area contributed by atoms with Gasteiger partial charge in [0.25, 0.3) is 0 Å². The number of aliphatic hydroxyl groups is 1. The Morgan fingerprint density at radius 3 is 2.80 bits per heavy atom. The van der Waals surface area contributed by atoms with E-state index in [0.29, 0.717) is 13.0 Å². The molecule has 0 aliphatic heterocycles. The minimum absolute atomic E-state index is 0.0830. The second-order valence-electron chi connectivity index (χ2n) is 5.61. The minimum atomic E-state index is -0.234. The van der Waals surface area contributed by atoms with Crippen molar-refractivity contribution < 1.29 is 9.90 Å². The molecule has 0 unspecified atom stereocenters. The second-order valence-corrected chi connectivity index (χ2v) is 6.61. The van der Waals surface area contributed by atoms with Crippen LogP contribution in [0.3, 0.4) is 0 Å². The summed E-state index contributed by atoms with van der Waals surface area (Å²) in [5, 5.41) is 13.6. The van der Waals surface area contributed by atoms with Crippen LogP contribution in [0.5, 0.6) is 0 Å². The zero-order valence-corrected chi connectivity index (χ0v) is 13.3. The summed E-state index contributed by atoms with van der Waals surface area (Å²) in [4.78, 5) is 14.7. The van der Waals surface area contributed by atoms with Crippen LogP contribution in [0, 0.1) is 11.8 Å². The van der Waals surface area contributed by atoms with Crippen molar-refractivity contribution in [1.29, 1.82) is 0 Å². The van der Waals surface area contributed by atoms with Crippen LogP contribution >= 0.6 is 11.3 Å². The Morgan fingerprint density at radius 1 is 1.50 bits per heavy atom. The fourth-order valence-electron chi connectivity index (χ4n) is 1.47. The monoisotopic (exact) mass is 294 g/mol. The molecule has 1 aromatic rings. The van der Waals surface area contributed by atoms with Crippen molar-refractivity contribution in [2.75, 3.05) is 13.7 Å². The molecule has 0 saturated carbocycles. The molecule has 110 valence electrons. The van der Waals surface area contributed by atoms with Crippen molar-refractivity contribution in [3.63, 3.8) is 0 Å². The molecule has 0 atom stereocenters. The predicted octanol–water partition coefficient (Wildman–Crippen LogP) is 2.42. The van der Waals surface area contributed by atoms with Gasteiger partial charge in [0.1, 0.15) is 0 Å². The molecule has 0 radical (unpaired) electrons. The van der Waals surface area contributed by atoms with Crippen LogP contribution in [-0.2, 0) is 6.54 Å². The minimum Gasteiger partial charge on any atom is -0.395 e. The summed E-state index contributed by atoms with van der Waals surface area (Å²) in [5.41, 5.74) is 0.699. The Kier molecular flexibility index (Phi) is 6.05.